The van der Waals surface area contributed by atoms with Gasteiger partial charge in [-0.3, -0.25) is 4.79 Å². The first-order valence-corrected chi connectivity index (χ1v) is 7.43. The Kier molecular flexibility index (Phi) is 4.88. The second-order valence-electron chi connectivity index (χ2n) is 4.48. The van der Waals surface area contributed by atoms with Crippen LogP contribution in [0.4, 0.5) is 0 Å². The summed E-state index contributed by atoms with van der Waals surface area (Å²) in [5, 5.41) is 7.62. The van der Waals surface area contributed by atoms with Crippen molar-refractivity contribution >= 4 is 15.8 Å². The Bertz CT molecular complexity index is 553. The molecule has 0 spiro atoms. The van der Waals surface area contributed by atoms with Crippen LogP contribution in [0.3, 0.4) is 0 Å². The standard InChI is InChI=1S/C12H17NO5S/c1-8(2)10(12(14)15)19(16,17)7-9-5-4-6-13-11(9)18-3/h4-6,8,10H,7H2,1-3H3,(H,14,15). The number of carboxylic acids is 1. The maximum absolute atomic E-state index is 12.2. The van der Waals surface area contributed by atoms with Gasteiger partial charge in [0, 0.05) is 11.8 Å². The maximum Gasteiger partial charge on any atom is 0.322 e. The number of hydrogen-bond donors (Lipinski definition) is 1. The predicted molar refractivity (Wildman–Crippen MR) is 69.7 cm³/mol. The number of aromatic nitrogens is 1. The van der Waals surface area contributed by atoms with Crippen molar-refractivity contribution in [1.82, 2.24) is 4.98 Å². The Labute approximate surface area is 112 Å². The van der Waals surface area contributed by atoms with E-state index in [4.69, 9.17) is 9.84 Å². The molecule has 1 unspecified atom stereocenters. The average Bonchev–Trinajstić information content (AvgIpc) is 2.27. The molecule has 1 atom stereocenters. The van der Waals surface area contributed by atoms with E-state index in [1.165, 1.54) is 13.3 Å². The monoisotopic (exact) mass is 287 g/mol. The Balaban J connectivity index is 3.11. The molecule has 0 saturated heterocycles. The number of methoxy groups -OCH3 is 1. The highest BCUT2D eigenvalue weighted by Gasteiger charge is 2.35. The van der Waals surface area contributed by atoms with E-state index in [1.54, 1.807) is 26.0 Å². The molecule has 0 radical (unpaired) electrons. The quantitative estimate of drug-likeness (QED) is 0.842. The van der Waals surface area contributed by atoms with Gasteiger partial charge in [-0.15, -0.1) is 0 Å². The van der Waals surface area contributed by atoms with Gasteiger partial charge in [-0.2, -0.15) is 0 Å². The molecule has 0 fully saturated rings. The number of sulfone groups is 1. The molecule has 1 N–H and O–H groups in total. The maximum atomic E-state index is 12.2. The molecule has 0 bridgehead atoms. The summed E-state index contributed by atoms with van der Waals surface area (Å²) in [6.45, 7) is 3.13. The van der Waals surface area contributed by atoms with Gasteiger partial charge in [-0.25, -0.2) is 13.4 Å². The van der Waals surface area contributed by atoms with Crippen molar-refractivity contribution in [2.45, 2.75) is 24.9 Å². The fraction of sp³-hybridized carbons (Fsp3) is 0.500. The topological polar surface area (TPSA) is 93.6 Å². The zero-order valence-corrected chi connectivity index (χ0v) is 11.8. The summed E-state index contributed by atoms with van der Waals surface area (Å²) in [6, 6.07) is 3.14. The molecule has 0 aliphatic rings. The Morgan fingerprint density at radius 1 is 1.47 bits per heavy atom. The van der Waals surface area contributed by atoms with Crippen LogP contribution in [0, 0.1) is 5.92 Å². The van der Waals surface area contributed by atoms with Crippen LogP contribution < -0.4 is 4.74 Å². The van der Waals surface area contributed by atoms with E-state index in [0.717, 1.165) is 0 Å². The summed E-state index contributed by atoms with van der Waals surface area (Å²) >= 11 is 0. The molecule has 7 heteroatoms. The Hall–Kier alpha value is -1.63. The van der Waals surface area contributed by atoms with Crippen molar-refractivity contribution in [2.24, 2.45) is 5.92 Å². The molecular formula is C12H17NO5S. The number of pyridine rings is 1. The molecule has 19 heavy (non-hydrogen) atoms. The van der Waals surface area contributed by atoms with Crippen molar-refractivity contribution in [1.29, 1.82) is 0 Å². The van der Waals surface area contributed by atoms with Crippen molar-refractivity contribution in [2.75, 3.05) is 7.11 Å². The number of hydrogen-bond acceptors (Lipinski definition) is 5. The molecule has 1 aromatic heterocycles. The largest absolute Gasteiger partial charge is 0.481 e. The van der Waals surface area contributed by atoms with Gasteiger partial charge >= 0.3 is 5.97 Å². The zero-order valence-electron chi connectivity index (χ0n) is 11.0. The molecular weight excluding hydrogens is 270 g/mol. The van der Waals surface area contributed by atoms with Crippen LogP contribution in [0.2, 0.25) is 0 Å². The lowest BCUT2D eigenvalue weighted by atomic mass is 10.1. The van der Waals surface area contributed by atoms with E-state index in [9.17, 15) is 13.2 Å². The van der Waals surface area contributed by atoms with Gasteiger partial charge in [-0.05, 0) is 12.0 Å². The van der Waals surface area contributed by atoms with Gasteiger partial charge in [0.15, 0.2) is 15.1 Å². The third kappa shape index (κ3) is 3.66. The molecule has 0 aromatic carbocycles. The normalized spacial score (nSPS) is 13.3. The number of ether oxygens (including phenoxy) is 1. The third-order valence-corrected chi connectivity index (χ3v) is 4.87. The summed E-state index contributed by atoms with van der Waals surface area (Å²) in [6.07, 6.45) is 1.48. The lowest BCUT2D eigenvalue weighted by Gasteiger charge is -2.17. The van der Waals surface area contributed by atoms with Crippen LogP contribution in [0.5, 0.6) is 5.88 Å². The molecule has 0 saturated carbocycles. The number of nitrogens with zero attached hydrogens (tertiary/aromatic N) is 1. The Morgan fingerprint density at radius 2 is 2.11 bits per heavy atom. The minimum atomic E-state index is -3.83. The van der Waals surface area contributed by atoms with Crippen molar-refractivity contribution in [3.63, 3.8) is 0 Å². The van der Waals surface area contributed by atoms with Gasteiger partial charge in [0.1, 0.15) is 0 Å². The number of rotatable bonds is 6. The smallest absolute Gasteiger partial charge is 0.322 e. The van der Waals surface area contributed by atoms with E-state index >= 15 is 0 Å². The van der Waals surface area contributed by atoms with Crippen LogP contribution in [0.15, 0.2) is 18.3 Å². The molecule has 106 valence electrons. The summed E-state index contributed by atoms with van der Waals surface area (Å²) in [5.41, 5.74) is 0.358. The van der Waals surface area contributed by atoms with E-state index in [2.05, 4.69) is 4.98 Å². The molecule has 0 amide bonds. The molecule has 0 aliphatic heterocycles. The van der Waals surface area contributed by atoms with Crippen LogP contribution in [0.1, 0.15) is 19.4 Å². The first-order chi connectivity index (χ1) is 8.79. The summed E-state index contributed by atoms with van der Waals surface area (Å²) < 4.78 is 29.3. The minimum Gasteiger partial charge on any atom is -0.481 e. The van der Waals surface area contributed by atoms with Gasteiger partial charge < -0.3 is 9.84 Å². The van der Waals surface area contributed by atoms with Crippen LogP contribution in [-0.2, 0) is 20.4 Å². The van der Waals surface area contributed by atoms with Gasteiger partial charge in [0.05, 0.1) is 12.9 Å². The van der Waals surface area contributed by atoms with Crippen molar-refractivity contribution < 1.29 is 23.1 Å². The SMILES string of the molecule is COc1ncccc1CS(=O)(=O)C(C(=O)O)C(C)C. The van der Waals surface area contributed by atoms with E-state index < -0.39 is 32.7 Å². The average molecular weight is 287 g/mol. The molecule has 0 aliphatic carbocycles. The predicted octanol–water partition coefficient (Wildman–Crippen LogP) is 1.11. The van der Waals surface area contributed by atoms with E-state index in [-0.39, 0.29) is 5.88 Å². The highest BCUT2D eigenvalue weighted by molar-refractivity contribution is 7.92. The lowest BCUT2D eigenvalue weighted by molar-refractivity contribution is -0.137. The van der Waals surface area contributed by atoms with Gasteiger partial charge in [-0.1, -0.05) is 19.9 Å². The second kappa shape index (κ2) is 6.01. The summed E-state index contributed by atoms with van der Waals surface area (Å²) in [4.78, 5) is 15.0. The highest BCUT2D eigenvalue weighted by Crippen LogP contribution is 2.22. The number of carboxylic acid groups (broad SMARTS) is 1. The summed E-state index contributed by atoms with van der Waals surface area (Å²) in [5.74, 6) is -2.05. The van der Waals surface area contributed by atoms with Crippen LogP contribution in [-0.4, -0.2) is 36.8 Å². The highest BCUT2D eigenvalue weighted by atomic mass is 32.2. The molecule has 1 heterocycles. The van der Waals surface area contributed by atoms with Gasteiger partial charge in [0.2, 0.25) is 5.88 Å². The van der Waals surface area contributed by atoms with E-state index in [0.29, 0.717) is 5.56 Å². The zero-order chi connectivity index (χ0) is 14.6. The van der Waals surface area contributed by atoms with Crippen LogP contribution in [0.25, 0.3) is 0 Å². The lowest BCUT2D eigenvalue weighted by Crippen LogP contribution is -2.35. The first kappa shape index (κ1) is 15.4. The fourth-order valence-electron chi connectivity index (χ4n) is 1.88. The van der Waals surface area contributed by atoms with Crippen molar-refractivity contribution in [3.05, 3.63) is 23.9 Å². The van der Waals surface area contributed by atoms with Gasteiger partial charge in [0.25, 0.3) is 0 Å². The molecule has 6 nitrogen and oxygen atoms in total. The van der Waals surface area contributed by atoms with E-state index in [1.807, 2.05) is 0 Å². The van der Waals surface area contributed by atoms with Crippen LogP contribution >= 0.6 is 0 Å². The second-order valence-corrected chi connectivity index (χ2v) is 6.60. The number of carbonyl (C=O) groups is 1. The van der Waals surface area contributed by atoms with Crippen molar-refractivity contribution in [3.8, 4) is 5.88 Å². The summed E-state index contributed by atoms with van der Waals surface area (Å²) in [7, 11) is -2.44. The minimum absolute atomic E-state index is 0.193. The third-order valence-electron chi connectivity index (χ3n) is 2.64. The molecule has 1 rings (SSSR count). The number of aliphatic carboxylic acids is 1. The Morgan fingerprint density at radius 3 is 2.58 bits per heavy atom. The fourth-order valence-corrected chi connectivity index (χ4v) is 3.85. The molecule has 1 aromatic rings. The first-order valence-electron chi connectivity index (χ1n) is 5.72.